The van der Waals surface area contributed by atoms with Crippen LogP contribution in [0.15, 0.2) is 41.3 Å². The Bertz CT molecular complexity index is 865. The van der Waals surface area contributed by atoms with Gasteiger partial charge >= 0.3 is 0 Å². The third-order valence-corrected chi connectivity index (χ3v) is 5.60. The zero-order chi connectivity index (χ0) is 18.9. The molecular weight excluding hydrogens is 344 g/mol. The van der Waals surface area contributed by atoms with Crippen LogP contribution in [0.5, 0.6) is 5.75 Å². The maximum Gasteiger partial charge on any atom is 0.252 e. The van der Waals surface area contributed by atoms with Gasteiger partial charge in [-0.3, -0.25) is 14.6 Å². The lowest BCUT2D eigenvalue weighted by Gasteiger charge is -2.35. The van der Waals surface area contributed by atoms with Crippen molar-refractivity contribution in [2.24, 2.45) is 0 Å². The highest BCUT2D eigenvalue weighted by Crippen LogP contribution is 2.50. The van der Waals surface area contributed by atoms with Crippen LogP contribution in [-0.2, 0) is 10.2 Å². The molecule has 142 valence electrons. The fraction of sp³-hybridized carbons (Fsp3) is 0.450. The number of likely N-dealkylation sites (tertiary alicyclic amines) is 1. The second-order valence-corrected chi connectivity index (χ2v) is 7.30. The topological polar surface area (TPSA) is 87.3 Å². The molecule has 4 rings (SSSR count). The minimum absolute atomic E-state index is 0.171. The van der Waals surface area contributed by atoms with Gasteiger partial charge in [-0.15, -0.1) is 0 Å². The predicted molar refractivity (Wildman–Crippen MR) is 102 cm³/mol. The Hall–Kier alpha value is -2.83. The van der Waals surface area contributed by atoms with E-state index in [2.05, 4.69) is 15.3 Å². The van der Waals surface area contributed by atoms with Gasteiger partial charge in [-0.1, -0.05) is 12.1 Å². The van der Waals surface area contributed by atoms with Gasteiger partial charge in [0.15, 0.2) is 0 Å². The van der Waals surface area contributed by atoms with Crippen molar-refractivity contribution < 1.29 is 9.53 Å². The monoisotopic (exact) mass is 368 g/mol. The molecular formula is C20H24N4O3. The van der Waals surface area contributed by atoms with Crippen LogP contribution in [0.4, 0.5) is 5.95 Å². The highest BCUT2D eigenvalue weighted by atomic mass is 16.5. The summed E-state index contributed by atoms with van der Waals surface area (Å²) in [7, 11) is 1.64. The molecule has 0 bridgehead atoms. The number of aromatic amines is 1. The highest BCUT2D eigenvalue weighted by Gasteiger charge is 2.53. The van der Waals surface area contributed by atoms with Crippen molar-refractivity contribution in [1.29, 1.82) is 0 Å². The first kappa shape index (κ1) is 17.6. The van der Waals surface area contributed by atoms with Crippen LogP contribution in [0.1, 0.15) is 31.2 Å². The Morgan fingerprint density at radius 2 is 1.93 bits per heavy atom. The molecule has 0 spiro atoms. The van der Waals surface area contributed by atoms with Gasteiger partial charge in [-0.2, -0.15) is 0 Å². The number of hydrogen-bond acceptors (Lipinski definition) is 5. The molecule has 2 fully saturated rings. The van der Waals surface area contributed by atoms with Crippen LogP contribution < -0.4 is 15.6 Å². The fourth-order valence-electron chi connectivity index (χ4n) is 3.83. The van der Waals surface area contributed by atoms with Crippen molar-refractivity contribution >= 4 is 11.9 Å². The van der Waals surface area contributed by atoms with Crippen molar-refractivity contribution in [3.63, 3.8) is 0 Å². The summed E-state index contributed by atoms with van der Waals surface area (Å²) in [6.45, 7) is 1.43. The largest absolute Gasteiger partial charge is 0.497 e. The zero-order valence-corrected chi connectivity index (χ0v) is 15.4. The fourth-order valence-corrected chi connectivity index (χ4v) is 3.83. The van der Waals surface area contributed by atoms with Gasteiger partial charge < -0.3 is 15.0 Å². The van der Waals surface area contributed by atoms with Crippen molar-refractivity contribution in [2.75, 3.05) is 25.5 Å². The number of carbonyl (C=O) groups excluding carboxylic acids is 1. The Labute approximate surface area is 157 Å². The average Bonchev–Trinajstić information content (AvgIpc) is 3.50. The van der Waals surface area contributed by atoms with Crippen LogP contribution in [0.3, 0.4) is 0 Å². The number of benzene rings is 1. The van der Waals surface area contributed by atoms with Gasteiger partial charge in [-0.25, -0.2) is 4.98 Å². The predicted octanol–water partition coefficient (Wildman–Crippen LogP) is 1.91. The molecule has 1 saturated carbocycles. The van der Waals surface area contributed by atoms with E-state index in [4.69, 9.17) is 4.74 Å². The summed E-state index contributed by atoms with van der Waals surface area (Å²) in [5, 5.41) is 3.26. The molecule has 1 aliphatic carbocycles. The smallest absolute Gasteiger partial charge is 0.252 e. The number of hydrogen-bond donors (Lipinski definition) is 2. The summed E-state index contributed by atoms with van der Waals surface area (Å²) in [4.78, 5) is 33.3. The lowest BCUT2D eigenvalue weighted by molar-refractivity contribution is -0.134. The number of H-pyrrole nitrogens is 1. The van der Waals surface area contributed by atoms with Crippen molar-refractivity contribution in [2.45, 2.75) is 37.1 Å². The molecule has 0 unspecified atom stereocenters. The molecule has 7 heteroatoms. The molecule has 1 aromatic carbocycles. The molecule has 0 atom stereocenters. The standard InChI is InChI=1S/C20H24N4O3/c1-27-16-4-2-14(3-5-16)20(9-10-20)18(26)24-12-7-15(8-13-24)22-19-21-11-6-17(25)23-19/h2-6,11,15H,7-10,12-13H2,1H3,(H2,21,22,23,25). The van der Waals surface area contributed by atoms with Gasteiger partial charge in [0.1, 0.15) is 5.75 Å². The molecule has 0 radical (unpaired) electrons. The zero-order valence-electron chi connectivity index (χ0n) is 15.4. The third kappa shape index (κ3) is 3.54. The first-order valence-electron chi connectivity index (χ1n) is 9.36. The Morgan fingerprint density at radius 3 is 2.52 bits per heavy atom. The summed E-state index contributed by atoms with van der Waals surface area (Å²) in [6.07, 6.45) is 4.98. The lowest BCUT2D eigenvalue weighted by Crippen LogP contribution is -2.46. The van der Waals surface area contributed by atoms with E-state index in [9.17, 15) is 9.59 Å². The van der Waals surface area contributed by atoms with Gasteiger partial charge in [-0.05, 0) is 43.4 Å². The van der Waals surface area contributed by atoms with Crippen LogP contribution in [0.25, 0.3) is 0 Å². The number of amides is 1. The van der Waals surface area contributed by atoms with E-state index >= 15 is 0 Å². The van der Waals surface area contributed by atoms with E-state index in [0.717, 1.165) is 37.0 Å². The summed E-state index contributed by atoms with van der Waals surface area (Å²) in [6, 6.07) is 9.46. The number of methoxy groups -OCH3 is 1. The molecule has 1 amide bonds. The molecule has 27 heavy (non-hydrogen) atoms. The molecule has 2 aromatic rings. The second kappa shape index (κ2) is 7.06. The minimum atomic E-state index is -0.348. The second-order valence-electron chi connectivity index (χ2n) is 7.30. The van der Waals surface area contributed by atoms with E-state index in [1.54, 1.807) is 7.11 Å². The number of ether oxygens (including phenoxy) is 1. The Kier molecular flexibility index (Phi) is 4.59. The summed E-state index contributed by atoms with van der Waals surface area (Å²) in [5.74, 6) is 1.53. The van der Waals surface area contributed by atoms with E-state index in [1.165, 1.54) is 12.3 Å². The minimum Gasteiger partial charge on any atom is -0.497 e. The van der Waals surface area contributed by atoms with Gasteiger partial charge in [0.25, 0.3) is 5.56 Å². The summed E-state index contributed by atoms with van der Waals surface area (Å²) in [5.41, 5.74) is 0.563. The molecule has 2 aliphatic rings. The van der Waals surface area contributed by atoms with E-state index in [-0.39, 0.29) is 22.9 Å². The van der Waals surface area contributed by atoms with Crippen molar-refractivity contribution in [3.05, 3.63) is 52.4 Å². The first-order chi connectivity index (χ1) is 13.1. The van der Waals surface area contributed by atoms with Crippen LogP contribution >= 0.6 is 0 Å². The molecule has 1 aromatic heterocycles. The number of piperidine rings is 1. The summed E-state index contributed by atoms with van der Waals surface area (Å²) < 4.78 is 5.22. The lowest BCUT2D eigenvalue weighted by atomic mass is 9.92. The first-order valence-corrected chi connectivity index (χ1v) is 9.36. The molecule has 2 N–H and O–H groups in total. The Morgan fingerprint density at radius 1 is 1.22 bits per heavy atom. The van der Waals surface area contributed by atoms with Crippen LogP contribution in [0, 0.1) is 0 Å². The quantitative estimate of drug-likeness (QED) is 0.842. The molecule has 1 aliphatic heterocycles. The van der Waals surface area contributed by atoms with Crippen LogP contribution in [0.2, 0.25) is 0 Å². The molecule has 1 saturated heterocycles. The van der Waals surface area contributed by atoms with Crippen LogP contribution in [-0.4, -0.2) is 47.0 Å². The molecule has 2 heterocycles. The summed E-state index contributed by atoms with van der Waals surface area (Å²) >= 11 is 0. The number of aromatic nitrogens is 2. The van der Waals surface area contributed by atoms with E-state index in [0.29, 0.717) is 19.0 Å². The van der Waals surface area contributed by atoms with Gasteiger partial charge in [0.2, 0.25) is 11.9 Å². The third-order valence-electron chi connectivity index (χ3n) is 5.60. The maximum absolute atomic E-state index is 13.2. The number of carbonyl (C=O) groups is 1. The van der Waals surface area contributed by atoms with Crippen molar-refractivity contribution in [1.82, 2.24) is 14.9 Å². The average molecular weight is 368 g/mol. The highest BCUT2D eigenvalue weighted by molar-refractivity contribution is 5.91. The number of nitrogens with zero attached hydrogens (tertiary/aromatic N) is 2. The van der Waals surface area contributed by atoms with Gasteiger partial charge in [0.05, 0.1) is 12.5 Å². The molecule has 7 nitrogen and oxygen atoms in total. The normalized spacial score (nSPS) is 18.8. The van der Waals surface area contributed by atoms with Crippen molar-refractivity contribution in [3.8, 4) is 5.75 Å². The van der Waals surface area contributed by atoms with E-state index in [1.807, 2.05) is 29.2 Å². The van der Waals surface area contributed by atoms with Gasteiger partial charge in [0, 0.05) is 31.4 Å². The number of anilines is 1. The Balaban J connectivity index is 1.37. The maximum atomic E-state index is 13.2. The number of nitrogens with one attached hydrogen (secondary N) is 2. The number of rotatable bonds is 5. The SMILES string of the molecule is COc1ccc(C2(C(=O)N3CCC(Nc4nccc(=O)[nH]4)CC3)CC2)cc1. The van der Waals surface area contributed by atoms with E-state index < -0.39 is 0 Å².